The number of likely N-dealkylation sites (N-methyl/N-ethyl adjacent to an activating group) is 1. The van der Waals surface area contributed by atoms with Crippen LogP contribution in [-0.2, 0) is 22.6 Å². The molecule has 1 atom stereocenters. The van der Waals surface area contributed by atoms with Gasteiger partial charge in [-0.3, -0.25) is 9.59 Å². The molecule has 32 heavy (non-hydrogen) atoms. The molecule has 1 saturated heterocycles. The Balaban J connectivity index is 1.29. The average Bonchev–Trinajstić information content (AvgIpc) is 3.45. The van der Waals surface area contributed by atoms with Gasteiger partial charge in [-0.2, -0.15) is 4.98 Å². The van der Waals surface area contributed by atoms with Crippen LogP contribution in [0.15, 0.2) is 59.1 Å². The van der Waals surface area contributed by atoms with Crippen LogP contribution in [0.2, 0.25) is 0 Å². The van der Waals surface area contributed by atoms with Gasteiger partial charge in [-0.05, 0) is 29.8 Å². The summed E-state index contributed by atoms with van der Waals surface area (Å²) in [6, 6.07) is 17.2. The third-order valence-electron chi connectivity index (χ3n) is 5.63. The van der Waals surface area contributed by atoms with E-state index in [0.29, 0.717) is 37.8 Å². The van der Waals surface area contributed by atoms with Gasteiger partial charge < -0.3 is 19.1 Å². The van der Waals surface area contributed by atoms with Gasteiger partial charge in [0.1, 0.15) is 5.75 Å². The molecule has 8 heteroatoms. The normalized spacial score (nSPS) is 15.8. The van der Waals surface area contributed by atoms with Crippen LogP contribution in [0.5, 0.6) is 5.75 Å². The summed E-state index contributed by atoms with van der Waals surface area (Å²) in [5.74, 6) is 1.41. The maximum Gasteiger partial charge on any atom is 0.257 e. The number of likely N-dealkylation sites (tertiary alicyclic amines) is 1. The molecule has 2 heterocycles. The average molecular weight is 434 g/mol. The molecule has 0 N–H and O–H groups in total. The first-order valence-electron chi connectivity index (χ1n) is 10.6. The second kappa shape index (κ2) is 9.64. The smallest absolute Gasteiger partial charge is 0.257 e. The lowest BCUT2D eigenvalue weighted by Gasteiger charge is -2.21. The van der Waals surface area contributed by atoms with Crippen molar-refractivity contribution < 1.29 is 18.8 Å². The molecular formula is C24H26N4O4. The zero-order valence-electron chi connectivity index (χ0n) is 18.2. The van der Waals surface area contributed by atoms with Crippen molar-refractivity contribution in [3.8, 4) is 17.2 Å². The molecule has 3 aromatic rings. The quantitative estimate of drug-likeness (QED) is 0.542. The van der Waals surface area contributed by atoms with E-state index in [1.165, 1.54) is 0 Å². The second-order valence-corrected chi connectivity index (χ2v) is 7.91. The van der Waals surface area contributed by atoms with Crippen LogP contribution >= 0.6 is 0 Å². The van der Waals surface area contributed by atoms with E-state index in [1.807, 2.05) is 54.6 Å². The fraction of sp³-hybridized carbons (Fsp3) is 0.333. The molecule has 0 bridgehead atoms. The first-order chi connectivity index (χ1) is 15.5. The van der Waals surface area contributed by atoms with Crippen molar-refractivity contribution in [2.75, 3.05) is 27.2 Å². The molecule has 0 saturated carbocycles. The number of benzene rings is 2. The molecule has 2 aromatic carbocycles. The van der Waals surface area contributed by atoms with Crippen LogP contribution in [-0.4, -0.2) is 59.0 Å². The fourth-order valence-corrected chi connectivity index (χ4v) is 3.78. The van der Waals surface area contributed by atoms with Gasteiger partial charge in [-0.15, -0.1) is 0 Å². The minimum Gasteiger partial charge on any atom is -0.497 e. The van der Waals surface area contributed by atoms with Gasteiger partial charge >= 0.3 is 0 Å². The zero-order chi connectivity index (χ0) is 22.5. The number of carbonyl (C=O) groups is 2. The Hall–Kier alpha value is -3.68. The van der Waals surface area contributed by atoms with Crippen molar-refractivity contribution in [3.05, 3.63) is 66.0 Å². The summed E-state index contributed by atoms with van der Waals surface area (Å²) in [6.45, 7) is 1.37. The van der Waals surface area contributed by atoms with E-state index < -0.39 is 0 Å². The first-order valence-corrected chi connectivity index (χ1v) is 10.6. The van der Waals surface area contributed by atoms with E-state index in [4.69, 9.17) is 9.26 Å². The standard InChI is InChI=1S/C24H26N4O4/c1-27(13-12-21-25-23(32-26-21)18-6-4-3-5-7-18)24(30)19-14-22(29)28(16-19)15-17-8-10-20(31-2)11-9-17/h3-11,19H,12-16H2,1-2H3/t19-/m0/s1. The van der Waals surface area contributed by atoms with Crippen LogP contribution in [0.3, 0.4) is 0 Å². The van der Waals surface area contributed by atoms with Crippen molar-refractivity contribution in [1.82, 2.24) is 19.9 Å². The highest BCUT2D eigenvalue weighted by atomic mass is 16.5. The summed E-state index contributed by atoms with van der Waals surface area (Å²) in [6.07, 6.45) is 0.717. The number of rotatable bonds is 8. The van der Waals surface area contributed by atoms with E-state index in [-0.39, 0.29) is 24.2 Å². The molecular weight excluding hydrogens is 408 g/mol. The highest BCUT2D eigenvalue weighted by Gasteiger charge is 2.35. The van der Waals surface area contributed by atoms with Gasteiger partial charge in [0.25, 0.3) is 5.89 Å². The van der Waals surface area contributed by atoms with Crippen molar-refractivity contribution in [2.45, 2.75) is 19.4 Å². The summed E-state index contributed by atoms with van der Waals surface area (Å²) < 4.78 is 10.5. The van der Waals surface area contributed by atoms with Gasteiger partial charge in [0.2, 0.25) is 11.8 Å². The second-order valence-electron chi connectivity index (χ2n) is 7.91. The summed E-state index contributed by atoms with van der Waals surface area (Å²) >= 11 is 0. The lowest BCUT2D eigenvalue weighted by Crippen LogP contribution is -2.36. The van der Waals surface area contributed by atoms with Crippen LogP contribution < -0.4 is 4.74 Å². The number of ether oxygens (including phenoxy) is 1. The van der Waals surface area contributed by atoms with Gasteiger partial charge in [0.15, 0.2) is 5.82 Å². The number of carbonyl (C=O) groups excluding carboxylic acids is 2. The van der Waals surface area contributed by atoms with E-state index >= 15 is 0 Å². The summed E-state index contributed by atoms with van der Waals surface area (Å²) in [4.78, 5) is 33.1. The predicted molar refractivity (Wildman–Crippen MR) is 118 cm³/mol. The third-order valence-corrected chi connectivity index (χ3v) is 5.63. The molecule has 0 aliphatic carbocycles. The number of methoxy groups -OCH3 is 1. The lowest BCUT2D eigenvalue weighted by atomic mass is 10.1. The van der Waals surface area contributed by atoms with Gasteiger partial charge in [0.05, 0.1) is 13.0 Å². The largest absolute Gasteiger partial charge is 0.497 e. The molecule has 166 valence electrons. The van der Waals surface area contributed by atoms with Crippen molar-refractivity contribution in [3.63, 3.8) is 0 Å². The van der Waals surface area contributed by atoms with Gasteiger partial charge in [-0.25, -0.2) is 0 Å². The Morgan fingerprint density at radius 3 is 2.66 bits per heavy atom. The van der Waals surface area contributed by atoms with E-state index in [2.05, 4.69) is 10.1 Å². The highest BCUT2D eigenvalue weighted by molar-refractivity contribution is 5.89. The zero-order valence-corrected chi connectivity index (χ0v) is 18.2. The minimum atomic E-state index is -0.337. The molecule has 1 aromatic heterocycles. The fourth-order valence-electron chi connectivity index (χ4n) is 3.78. The van der Waals surface area contributed by atoms with Gasteiger partial charge in [-0.1, -0.05) is 35.5 Å². The van der Waals surface area contributed by atoms with Crippen LogP contribution in [0, 0.1) is 5.92 Å². The molecule has 0 spiro atoms. The minimum absolute atomic E-state index is 0.00163. The van der Waals surface area contributed by atoms with E-state index in [0.717, 1.165) is 16.9 Å². The van der Waals surface area contributed by atoms with Crippen molar-refractivity contribution >= 4 is 11.8 Å². The topological polar surface area (TPSA) is 88.8 Å². The monoisotopic (exact) mass is 434 g/mol. The first kappa shape index (κ1) is 21.5. The molecule has 1 fully saturated rings. The van der Waals surface area contributed by atoms with Crippen LogP contribution in [0.4, 0.5) is 0 Å². The number of aromatic nitrogens is 2. The molecule has 1 aliphatic heterocycles. The Morgan fingerprint density at radius 2 is 1.94 bits per heavy atom. The SMILES string of the molecule is COc1ccc(CN2C[C@@H](C(=O)N(C)CCc3noc(-c4ccccc4)n3)CC2=O)cc1. The summed E-state index contributed by atoms with van der Waals surface area (Å²) in [5.41, 5.74) is 1.86. The van der Waals surface area contributed by atoms with Crippen LogP contribution in [0.25, 0.3) is 11.5 Å². The molecule has 2 amide bonds. The van der Waals surface area contributed by atoms with E-state index in [9.17, 15) is 9.59 Å². The number of amides is 2. The molecule has 0 radical (unpaired) electrons. The summed E-state index contributed by atoms with van der Waals surface area (Å²) in [5, 5.41) is 4.01. The van der Waals surface area contributed by atoms with Crippen LogP contribution in [0.1, 0.15) is 17.8 Å². The Kier molecular flexibility index (Phi) is 6.49. The third kappa shape index (κ3) is 4.96. The number of hydrogen-bond acceptors (Lipinski definition) is 6. The molecule has 1 aliphatic rings. The molecule has 0 unspecified atom stereocenters. The maximum absolute atomic E-state index is 12.9. The molecule has 8 nitrogen and oxygen atoms in total. The Bertz CT molecular complexity index is 1070. The lowest BCUT2D eigenvalue weighted by molar-refractivity contribution is -0.134. The van der Waals surface area contributed by atoms with Gasteiger partial charge in [0, 0.05) is 45.1 Å². The number of nitrogens with zero attached hydrogens (tertiary/aromatic N) is 4. The van der Waals surface area contributed by atoms with E-state index in [1.54, 1.807) is 24.0 Å². The Labute approximate surface area is 186 Å². The molecule has 4 rings (SSSR count). The summed E-state index contributed by atoms with van der Waals surface area (Å²) in [7, 11) is 3.36. The highest BCUT2D eigenvalue weighted by Crippen LogP contribution is 2.23. The maximum atomic E-state index is 12.9. The van der Waals surface area contributed by atoms with Crippen molar-refractivity contribution in [2.24, 2.45) is 5.92 Å². The Morgan fingerprint density at radius 1 is 1.19 bits per heavy atom. The number of hydrogen-bond donors (Lipinski definition) is 0. The predicted octanol–water partition coefficient (Wildman–Crippen LogP) is 2.79. The van der Waals surface area contributed by atoms with Crippen molar-refractivity contribution in [1.29, 1.82) is 0 Å².